The van der Waals surface area contributed by atoms with Crippen LogP contribution in [0.2, 0.25) is 0 Å². The van der Waals surface area contributed by atoms with Crippen molar-refractivity contribution in [2.45, 2.75) is 13.0 Å². The minimum absolute atomic E-state index is 0.0456. The van der Waals surface area contributed by atoms with Crippen molar-refractivity contribution in [1.82, 2.24) is 9.80 Å². The van der Waals surface area contributed by atoms with Crippen LogP contribution in [-0.4, -0.2) is 53.5 Å². The van der Waals surface area contributed by atoms with Crippen molar-refractivity contribution in [3.8, 4) is 0 Å². The number of piperazine rings is 1. The van der Waals surface area contributed by atoms with Gasteiger partial charge in [0.15, 0.2) is 5.76 Å². The fraction of sp³-hybridized carbons (Fsp3) is 0.389. The molecule has 1 aliphatic rings. The van der Waals surface area contributed by atoms with E-state index in [1.807, 2.05) is 42.2 Å². The number of aryl methyl sites for hydroxylation is 1. The summed E-state index contributed by atoms with van der Waals surface area (Å²) in [4.78, 5) is 16.4. The first-order valence-electron chi connectivity index (χ1n) is 7.94. The molecule has 2 aromatic rings. The molecule has 23 heavy (non-hydrogen) atoms. The van der Waals surface area contributed by atoms with Gasteiger partial charge in [-0.3, -0.25) is 9.69 Å². The summed E-state index contributed by atoms with van der Waals surface area (Å²) in [5, 5.41) is 10.3. The summed E-state index contributed by atoms with van der Waals surface area (Å²) in [6, 6.07) is 11.5. The van der Waals surface area contributed by atoms with Crippen LogP contribution in [0.25, 0.3) is 0 Å². The fourth-order valence-electron chi connectivity index (χ4n) is 2.89. The minimum Gasteiger partial charge on any atom is -0.459 e. The Morgan fingerprint density at radius 2 is 1.87 bits per heavy atom. The van der Waals surface area contributed by atoms with E-state index in [1.165, 1.54) is 0 Å². The van der Waals surface area contributed by atoms with E-state index in [2.05, 4.69) is 4.90 Å². The van der Waals surface area contributed by atoms with E-state index in [4.69, 9.17) is 4.42 Å². The molecule has 1 aliphatic heterocycles. The number of carbonyl (C=O) groups excluding carboxylic acids is 1. The highest BCUT2D eigenvalue weighted by Gasteiger charge is 2.26. The summed E-state index contributed by atoms with van der Waals surface area (Å²) < 4.78 is 5.28. The summed E-state index contributed by atoms with van der Waals surface area (Å²) >= 11 is 0. The molecule has 0 spiro atoms. The van der Waals surface area contributed by atoms with Crippen LogP contribution in [-0.2, 0) is 0 Å². The Morgan fingerprint density at radius 3 is 2.48 bits per heavy atom. The molecular weight excluding hydrogens is 292 g/mol. The molecule has 1 N–H and O–H groups in total. The van der Waals surface area contributed by atoms with Gasteiger partial charge in [0.1, 0.15) is 0 Å². The van der Waals surface area contributed by atoms with Gasteiger partial charge in [-0.25, -0.2) is 0 Å². The quantitative estimate of drug-likeness (QED) is 0.939. The highest BCUT2D eigenvalue weighted by molar-refractivity contribution is 5.92. The predicted molar refractivity (Wildman–Crippen MR) is 87.2 cm³/mol. The molecule has 5 heteroatoms. The van der Waals surface area contributed by atoms with E-state index < -0.39 is 6.10 Å². The molecule has 1 atom stereocenters. The summed E-state index contributed by atoms with van der Waals surface area (Å²) in [5.41, 5.74) is 1.80. The lowest BCUT2D eigenvalue weighted by Gasteiger charge is -2.35. The molecule has 1 fully saturated rings. The molecule has 0 radical (unpaired) electrons. The first-order valence-corrected chi connectivity index (χ1v) is 7.94. The van der Waals surface area contributed by atoms with Crippen LogP contribution < -0.4 is 0 Å². The van der Waals surface area contributed by atoms with E-state index >= 15 is 0 Å². The van der Waals surface area contributed by atoms with Crippen molar-refractivity contribution in [3.63, 3.8) is 0 Å². The molecule has 0 aliphatic carbocycles. The molecule has 5 nitrogen and oxygen atoms in total. The molecule has 1 aromatic carbocycles. The summed E-state index contributed by atoms with van der Waals surface area (Å²) in [7, 11) is 0. The summed E-state index contributed by atoms with van der Waals surface area (Å²) in [5.74, 6) is 0.388. The Morgan fingerprint density at radius 1 is 1.17 bits per heavy atom. The molecular formula is C18H22N2O3. The van der Waals surface area contributed by atoms with Gasteiger partial charge >= 0.3 is 0 Å². The monoisotopic (exact) mass is 314 g/mol. The Labute approximate surface area is 136 Å². The zero-order valence-corrected chi connectivity index (χ0v) is 13.3. The van der Waals surface area contributed by atoms with Gasteiger partial charge < -0.3 is 14.4 Å². The van der Waals surface area contributed by atoms with E-state index in [0.29, 0.717) is 25.4 Å². The van der Waals surface area contributed by atoms with Crippen LogP contribution in [0.5, 0.6) is 0 Å². The van der Waals surface area contributed by atoms with Crippen molar-refractivity contribution >= 4 is 5.91 Å². The number of hydrogen-bond donors (Lipinski definition) is 1. The van der Waals surface area contributed by atoms with E-state index in [1.54, 1.807) is 12.3 Å². The standard InChI is InChI=1S/C18H22N2O3/c1-14-7-12-23-17(14)18(22)20-10-8-19(9-11-20)13-16(21)15-5-3-2-4-6-15/h2-7,12,16,21H,8-11,13H2,1H3. The molecule has 0 bridgehead atoms. The second-order valence-electron chi connectivity index (χ2n) is 5.95. The van der Waals surface area contributed by atoms with Gasteiger partial charge in [0.25, 0.3) is 5.91 Å². The van der Waals surface area contributed by atoms with E-state index in [0.717, 1.165) is 24.2 Å². The first-order chi connectivity index (χ1) is 11.1. The summed E-state index contributed by atoms with van der Waals surface area (Å²) in [6.07, 6.45) is 1.06. The summed E-state index contributed by atoms with van der Waals surface area (Å²) in [6.45, 7) is 5.29. The van der Waals surface area contributed by atoms with Gasteiger partial charge in [0, 0.05) is 38.3 Å². The lowest BCUT2D eigenvalue weighted by Crippen LogP contribution is -2.49. The van der Waals surface area contributed by atoms with Gasteiger partial charge in [-0.05, 0) is 18.6 Å². The molecule has 1 amide bonds. The third-order valence-corrected chi connectivity index (χ3v) is 4.33. The number of nitrogens with zero attached hydrogens (tertiary/aromatic N) is 2. The zero-order chi connectivity index (χ0) is 16.2. The number of carbonyl (C=O) groups is 1. The second-order valence-corrected chi connectivity index (χ2v) is 5.95. The van der Waals surface area contributed by atoms with Gasteiger partial charge in [0.2, 0.25) is 0 Å². The van der Waals surface area contributed by atoms with Crippen LogP contribution in [0.3, 0.4) is 0 Å². The van der Waals surface area contributed by atoms with Crippen molar-refractivity contribution < 1.29 is 14.3 Å². The fourth-order valence-corrected chi connectivity index (χ4v) is 2.89. The van der Waals surface area contributed by atoms with Crippen LogP contribution >= 0.6 is 0 Å². The molecule has 0 saturated carbocycles. The van der Waals surface area contributed by atoms with Gasteiger partial charge in [-0.1, -0.05) is 30.3 Å². The number of β-amino-alcohol motifs (C(OH)–C–C–N with tert-alkyl or cyclic N) is 1. The maximum atomic E-state index is 12.4. The minimum atomic E-state index is -0.495. The Hall–Kier alpha value is -2.11. The zero-order valence-electron chi connectivity index (χ0n) is 13.3. The number of amides is 1. The number of aliphatic hydroxyl groups is 1. The number of furan rings is 1. The highest BCUT2D eigenvalue weighted by atomic mass is 16.3. The van der Waals surface area contributed by atoms with Crippen LogP contribution in [0.4, 0.5) is 0 Å². The Bertz CT molecular complexity index is 645. The largest absolute Gasteiger partial charge is 0.459 e. The smallest absolute Gasteiger partial charge is 0.289 e. The maximum absolute atomic E-state index is 12.4. The number of benzene rings is 1. The maximum Gasteiger partial charge on any atom is 0.289 e. The lowest BCUT2D eigenvalue weighted by atomic mass is 10.1. The van der Waals surface area contributed by atoms with Crippen LogP contribution in [0, 0.1) is 6.92 Å². The predicted octanol–water partition coefficient (Wildman–Crippen LogP) is 2.08. The molecule has 2 heterocycles. The third kappa shape index (κ3) is 3.63. The molecule has 122 valence electrons. The lowest BCUT2D eigenvalue weighted by molar-refractivity contribution is 0.0503. The Balaban J connectivity index is 1.53. The van der Waals surface area contributed by atoms with Crippen molar-refractivity contribution in [3.05, 3.63) is 59.5 Å². The molecule has 1 unspecified atom stereocenters. The van der Waals surface area contributed by atoms with Crippen LogP contribution in [0.15, 0.2) is 47.1 Å². The van der Waals surface area contributed by atoms with Crippen molar-refractivity contribution in [1.29, 1.82) is 0 Å². The van der Waals surface area contributed by atoms with Crippen molar-refractivity contribution in [2.24, 2.45) is 0 Å². The Kier molecular flexibility index (Phi) is 4.79. The number of rotatable bonds is 4. The molecule has 1 aromatic heterocycles. The van der Waals surface area contributed by atoms with Crippen molar-refractivity contribution in [2.75, 3.05) is 32.7 Å². The van der Waals surface area contributed by atoms with E-state index in [-0.39, 0.29) is 5.91 Å². The topological polar surface area (TPSA) is 56.9 Å². The van der Waals surface area contributed by atoms with Gasteiger partial charge in [0.05, 0.1) is 12.4 Å². The molecule has 3 rings (SSSR count). The molecule has 1 saturated heterocycles. The average molecular weight is 314 g/mol. The van der Waals surface area contributed by atoms with Crippen LogP contribution in [0.1, 0.15) is 27.8 Å². The first kappa shape index (κ1) is 15.8. The highest BCUT2D eigenvalue weighted by Crippen LogP contribution is 2.17. The average Bonchev–Trinajstić information content (AvgIpc) is 3.02. The number of hydrogen-bond acceptors (Lipinski definition) is 4. The SMILES string of the molecule is Cc1ccoc1C(=O)N1CCN(CC(O)c2ccccc2)CC1. The number of aliphatic hydroxyl groups excluding tert-OH is 1. The van der Waals surface area contributed by atoms with E-state index in [9.17, 15) is 9.90 Å². The van der Waals surface area contributed by atoms with Gasteiger partial charge in [-0.15, -0.1) is 0 Å². The normalized spacial score (nSPS) is 17.2. The van der Waals surface area contributed by atoms with Gasteiger partial charge in [-0.2, -0.15) is 0 Å². The second kappa shape index (κ2) is 6.98. The third-order valence-electron chi connectivity index (χ3n) is 4.33.